The average Bonchev–Trinajstić information content (AvgIpc) is 2.83. The summed E-state index contributed by atoms with van der Waals surface area (Å²) in [5, 5.41) is 7.01. The molecule has 0 spiro atoms. The van der Waals surface area contributed by atoms with E-state index in [2.05, 4.69) is 25.4 Å². The van der Waals surface area contributed by atoms with Gasteiger partial charge in [-0.2, -0.15) is 20.1 Å². The largest absolute Gasteiger partial charge is 0.467 e. The molecule has 2 aromatic heterocycles. The summed E-state index contributed by atoms with van der Waals surface area (Å²) in [5.74, 6) is 1.01. The number of anilines is 2. The predicted octanol–water partition coefficient (Wildman–Crippen LogP) is 0.292. The topological polar surface area (TPSA) is 81.0 Å². The molecule has 8 nitrogen and oxygen atoms in total. The van der Waals surface area contributed by atoms with Gasteiger partial charge in [0, 0.05) is 39.4 Å². The third-order valence-corrected chi connectivity index (χ3v) is 2.53. The highest BCUT2D eigenvalue weighted by atomic mass is 16.5. The summed E-state index contributed by atoms with van der Waals surface area (Å²) in [7, 11) is 7.06. The van der Waals surface area contributed by atoms with Gasteiger partial charge in [-0.25, -0.2) is 0 Å². The molecule has 0 saturated heterocycles. The van der Waals surface area contributed by atoms with Crippen LogP contribution in [0.3, 0.4) is 0 Å². The van der Waals surface area contributed by atoms with E-state index in [0.717, 1.165) is 5.56 Å². The minimum Gasteiger partial charge on any atom is -0.467 e. The molecule has 0 amide bonds. The quantitative estimate of drug-likeness (QED) is 0.830. The van der Waals surface area contributed by atoms with Crippen molar-refractivity contribution in [3.63, 3.8) is 0 Å². The van der Waals surface area contributed by atoms with E-state index in [1.807, 2.05) is 31.4 Å². The van der Waals surface area contributed by atoms with E-state index in [1.54, 1.807) is 11.7 Å². The second-order valence-electron chi connectivity index (χ2n) is 4.07. The van der Waals surface area contributed by atoms with Crippen molar-refractivity contribution < 1.29 is 4.74 Å². The molecule has 1 N–H and O–H groups in total. The van der Waals surface area contributed by atoms with Crippen molar-refractivity contribution in [3.8, 4) is 6.01 Å². The fourth-order valence-electron chi connectivity index (χ4n) is 1.62. The summed E-state index contributed by atoms with van der Waals surface area (Å²) in [4.78, 5) is 14.5. The normalized spacial score (nSPS) is 10.3. The van der Waals surface area contributed by atoms with E-state index in [4.69, 9.17) is 4.74 Å². The summed E-state index contributed by atoms with van der Waals surface area (Å²) in [6.07, 6.45) is 3.77. The van der Waals surface area contributed by atoms with Gasteiger partial charge in [0.1, 0.15) is 0 Å². The van der Waals surface area contributed by atoms with Gasteiger partial charge in [-0.1, -0.05) is 0 Å². The number of nitrogens with zero attached hydrogens (tertiary/aromatic N) is 6. The monoisotopic (exact) mass is 263 g/mol. The summed E-state index contributed by atoms with van der Waals surface area (Å²) in [5.41, 5.74) is 1.08. The molecule has 2 rings (SSSR count). The van der Waals surface area contributed by atoms with Crippen molar-refractivity contribution in [2.24, 2.45) is 7.05 Å². The first kappa shape index (κ1) is 13.1. The third-order valence-electron chi connectivity index (χ3n) is 2.53. The second-order valence-corrected chi connectivity index (χ2v) is 4.07. The fourth-order valence-corrected chi connectivity index (χ4v) is 1.62. The summed E-state index contributed by atoms with van der Waals surface area (Å²) >= 11 is 0. The molecule has 0 fully saturated rings. The second kappa shape index (κ2) is 5.51. The lowest BCUT2D eigenvalue weighted by Crippen LogP contribution is -2.20. The maximum atomic E-state index is 5.06. The molecule has 2 heterocycles. The van der Waals surface area contributed by atoms with Gasteiger partial charge in [0.15, 0.2) is 0 Å². The Balaban J connectivity index is 2.20. The molecule has 19 heavy (non-hydrogen) atoms. The van der Waals surface area contributed by atoms with Crippen LogP contribution in [0, 0.1) is 0 Å². The number of aryl methyl sites for hydroxylation is 1. The predicted molar refractivity (Wildman–Crippen MR) is 71.2 cm³/mol. The third kappa shape index (κ3) is 3.09. The number of ether oxygens (including phenoxy) is 1. The standard InChI is InChI=1S/C11H17N7O/c1-12-9-14-10(16-11(15-9)19-4)17(2)6-8-5-13-18(3)7-8/h5,7H,6H2,1-4H3,(H,12,14,15,16). The Labute approximate surface area is 111 Å². The van der Waals surface area contributed by atoms with Crippen LogP contribution in [0.2, 0.25) is 0 Å². The van der Waals surface area contributed by atoms with Gasteiger partial charge in [-0.05, 0) is 0 Å². The van der Waals surface area contributed by atoms with Gasteiger partial charge in [0.25, 0.3) is 0 Å². The van der Waals surface area contributed by atoms with Crippen molar-refractivity contribution in [1.29, 1.82) is 0 Å². The van der Waals surface area contributed by atoms with Crippen LogP contribution in [-0.4, -0.2) is 45.9 Å². The minimum absolute atomic E-state index is 0.285. The number of nitrogens with one attached hydrogen (secondary N) is 1. The van der Waals surface area contributed by atoms with Crippen LogP contribution >= 0.6 is 0 Å². The van der Waals surface area contributed by atoms with Crippen LogP contribution in [-0.2, 0) is 13.6 Å². The first-order chi connectivity index (χ1) is 9.12. The van der Waals surface area contributed by atoms with Gasteiger partial charge < -0.3 is 15.0 Å². The molecule has 0 aliphatic rings. The lowest BCUT2D eigenvalue weighted by Gasteiger charge is -2.16. The Morgan fingerprint density at radius 2 is 2.16 bits per heavy atom. The SMILES string of the molecule is CNc1nc(OC)nc(N(C)Cc2cnn(C)c2)n1. The van der Waals surface area contributed by atoms with Crippen LogP contribution in [0.1, 0.15) is 5.56 Å². The Kier molecular flexibility index (Phi) is 3.79. The molecular weight excluding hydrogens is 246 g/mol. The highest BCUT2D eigenvalue weighted by Crippen LogP contribution is 2.15. The lowest BCUT2D eigenvalue weighted by molar-refractivity contribution is 0.379. The molecule has 2 aromatic rings. The van der Waals surface area contributed by atoms with Gasteiger partial charge in [0.2, 0.25) is 11.9 Å². The van der Waals surface area contributed by atoms with E-state index in [0.29, 0.717) is 18.4 Å². The number of rotatable bonds is 5. The van der Waals surface area contributed by atoms with Crippen LogP contribution in [0.4, 0.5) is 11.9 Å². The Hall–Kier alpha value is -2.38. The number of hydrogen-bond donors (Lipinski definition) is 1. The molecule has 0 saturated carbocycles. The van der Waals surface area contributed by atoms with E-state index < -0.39 is 0 Å². The van der Waals surface area contributed by atoms with Crippen LogP contribution < -0.4 is 15.0 Å². The zero-order chi connectivity index (χ0) is 13.8. The first-order valence-corrected chi connectivity index (χ1v) is 5.79. The molecule has 8 heteroatoms. The van der Waals surface area contributed by atoms with E-state index in [9.17, 15) is 0 Å². The highest BCUT2D eigenvalue weighted by Gasteiger charge is 2.11. The highest BCUT2D eigenvalue weighted by molar-refractivity contribution is 5.37. The zero-order valence-corrected chi connectivity index (χ0v) is 11.5. The van der Waals surface area contributed by atoms with Crippen molar-refractivity contribution in [2.75, 3.05) is 31.4 Å². The Bertz CT molecular complexity index is 531. The van der Waals surface area contributed by atoms with Gasteiger partial charge in [0.05, 0.1) is 13.3 Å². The molecule has 0 aromatic carbocycles. The number of methoxy groups -OCH3 is 1. The van der Waals surface area contributed by atoms with E-state index >= 15 is 0 Å². The van der Waals surface area contributed by atoms with Gasteiger partial charge >= 0.3 is 6.01 Å². The smallest absolute Gasteiger partial charge is 0.322 e. The molecule has 0 unspecified atom stereocenters. The number of aromatic nitrogens is 5. The zero-order valence-electron chi connectivity index (χ0n) is 11.5. The maximum Gasteiger partial charge on any atom is 0.322 e. The average molecular weight is 263 g/mol. The Morgan fingerprint density at radius 3 is 2.74 bits per heavy atom. The lowest BCUT2D eigenvalue weighted by atomic mass is 10.3. The van der Waals surface area contributed by atoms with Gasteiger partial charge in [-0.15, -0.1) is 0 Å². The molecule has 0 radical (unpaired) electrons. The summed E-state index contributed by atoms with van der Waals surface area (Å²) < 4.78 is 6.82. The molecule has 0 atom stereocenters. The maximum absolute atomic E-state index is 5.06. The van der Waals surface area contributed by atoms with Crippen molar-refractivity contribution >= 4 is 11.9 Å². The van der Waals surface area contributed by atoms with Crippen molar-refractivity contribution in [2.45, 2.75) is 6.54 Å². The van der Waals surface area contributed by atoms with Crippen LogP contribution in [0.25, 0.3) is 0 Å². The van der Waals surface area contributed by atoms with Crippen molar-refractivity contribution in [1.82, 2.24) is 24.7 Å². The molecule has 102 valence electrons. The first-order valence-electron chi connectivity index (χ1n) is 5.79. The van der Waals surface area contributed by atoms with Crippen molar-refractivity contribution in [3.05, 3.63) is 18.0 Å². The number of hydrogen-bond acceptors (Lipinski definition) is 7. The minimum atomic E-state index is 0.285. The summed E-state index contributed by atoms with van der Waals surface area (Å²) in [6.45, 7) is 0.657. The molecule has 0 aliphatic heterocycles. The molecule has 0 aliphatic carbocycles. The van der Waals surface area contributed by atoms with E-state index in [-0.39, 0.29) is 6.01 Å². The summed E-state index contributed by atoms with van der Waals surface area (Å²) in [6, 6.07) is 0.285. The Morgan fingerprint density at radius 1 is 1.37 bits per heavy atom. The molecule has 0 bridgehead atoms. The van der Waals surface area contributed by atoms with E-state index in [1.165, 1.54) is 7.11 Å². The van der Waals surface area contributed by atoms with Crippen LogP contribution in [0.5, 0.6) is 6.01 Å². The van der Waals surface area contributed by atoms with Crippen LogP contribution in [0.15, 0.2) is 12.4 Å². The van der Waals surface area contributed by atoms with Gasteiger partial charge in [-0.3, -0.25) is 4.68 Å². The molecular formula is C11H17N7O. The fraction of sp³-hybridized carbons (Fsp3) is 0.455.